The van der Waals surface area contributed by atoms with Crippen molar-refractivity contribution in [2.75, 3.05) is 6.54 Å². The van der Waals surface area contributed by atoms with E-state index < -0.39 is 5.91 Å². The zero-order valence-electron chi connectivity index (χ0n) is 14.8. The third-order valence-electron chi connectivity index (χ3n) is 4.04. The predicted molar refractivity (Wildman–Crippen MR) is 103 cm³/mol. The van der Waals surface area contributed by atoms with Crippen molar-refractivity contribution in [3.05, 3.63) is 76.9 Å². The van der Waals surface area contributed by atoms with E-state index in [4.69, 9.17) is 0 Å². The quantitative estimate of drug-likeness (QED) is 0.650. The van der Waals surface area contributed by atoms with E-state index in [0.717, 1.165) is 6.42 Å². The van der Waals surface area contributed by atoms with Crippen LogP contribution in [0, 0.1) is 11.3 Å². The molecule has 6 heteroatoms. The van der Waals surface area contributed by atoms with Gasteiger partial charge in [-0.3, -0.25) is 9.59 Å². The van der Waals surface area contributed by atoms with Gasteiger partial charge in [0.25, 0.3) is 11.8 Å². The molecule has 0 bridgehead atoms. The van der Waals surface area contributed by atoms with Crippen molar-refractivity contribution in [3.8, 4) is 6.07 Å². The zero-order valence-corrected chi connectivity index (χ0v) is 14.8. The van der Waals surface area contributed by atoms with Gasteiger partial charge in [0, 0.05) is 23.2 Å². The average molecular weight is 358 g/mol. The molecule has 0 saturated heterocycles. The zero-order chi connectivity index (χ0) is 19.2. The molecule has 1 aliphatic rings. The summed E-state index contributed by atoms with van der Waals surface area (Å²) in [5.74, 6) is -0.451. The number of nitrogens with one attached hydrogen (secondary N) is 2. The van der Waals surface area contributed by atoms with Crippen molar-refractivity contribution >= 4 is 23.3 Å². The number of benzene rings is 2. The van der Waals surface area contributed by atoms with Gasteiger partial charge in [0.15, 0.2) is 0 Å². The Balaban J connectivity index is 1.99. The van der Waals surface area contributed by atoms with E-state index in [2.05, 4.69) is 15.6 Å². The maximum Gasteiger partial charge on any atom is 0.264 e. The van der Waals surface area contributed by atoms with Gasteiger partial charge >= 0.3 is 0 Å². The summed E-state index contributed by atoms with van der Waals surface area (Å²) >= 11 is 0. The SMILES string of the molecule is CCCNC(=O)C(C#N)=C1N=C(NC(=O)c2ccccc2)c2ccccc21. The Hall–Kier alpha value is -3.72. The van der Waals surface area contributed by atoms with E-state index in [1.807, 2.05) is 25.1 Å². The smallest absolute Gasteiger partial charge is 0.264 e. The Bertz CT molecular complexity index is 985. The second kappa shape index (κ2) is 8.11. The fourth-order valence-electron chi connectivity index (χ4n) is 2.72. The summed E-state index contributed by atoms with van der Waals surface area (Å²) in [5, 5.41) is 15.0. The Morgan fingerprint density at radius 3 is 2.37 bits per heavy atom. The van der Waals surface area contributed by atoms with Crippen LogP contribution in [0.5, 0.6) is 0 Å². The van der Waals surface area contributed by atoms with Crippen LogP contribution in [0.25, 0.3) is 5.70 Å². The van der Waals surface area contributed by atoms with Crippen molar-refractivity contribution in [2.24, 2.45) is 4.99 Å². The van der Waals surface area contributed by atoms with Crippen LogP contribution in [-0.4, -0.2) is 24.2 Å². The molecule has 2 aromatic rings. The normalized spacial score (nSPS) is 13.9. The summed E-state index contributed by atoms with van der Waals surface area (Å²) < 4.78 is 0. The molecular formula is C21H18N4O2. The lowest BCUT2D eigenvalue weighted by atomic mass is 10.0. The lowest BCUT2D eigenvalue weighted by molar-refractivity contribution is -0.117. The van der Waals surface area contributed by atoms with Crippen LogP contribution in [0.4, 0.5) is 0 Å². The second-order valence-corrected chi connectivity index (χ2v) is 5.92. The molecule has 2 amide bonds. The van der Waals surface area contributed by atoms with Crippen LogP contribution in [0.2, 0.25) is 0 Å². The van der Waals surface area contributed by atoms with Crippen molar-refractivity contribution in [3.63, 3.8) is 0 Å². The first-order chi connectivity index (χ1) is 13.2. The topological polar surface area (TPSA) is 94.3 Å². The summed E-state index contributed by atoms with van der Waals surface area (Å²) in [7, 11) is 0. The molecule has 0 atom stereocenters. The summed E-state index contributed by atoms with van der Waals surface area (Å²) in [6.07, 6.45) is 0.762. The monoisotopic (exact) mass is 358 g/mol. The van der Waals surface area contributed by atoms with Gasteiger partial charge in [0.1, 0.15) is 17.5 Å². The van der Waals surface area contributed by atoms with Crippen molar-refractivity contribution < 1.29 is 9.59 Å². The number of nitrogens with zero attached hydrogens (tertiary/aromatic N) is 2. The minimum absolute atomic E-state index is 0.0696. The highest BCUT2D eigenvalue weighted by molar-refractivity contribution is 6.20. The van der Waals surface area contributed by atoms with Crippen molar-refractivity contribution in [2.45, 2.75) is 13.3 Å². The molecule has 27 heavy (non-hydrogen) atoms. The molecule has 1 heterocycles. The van der Waals surface area contributed by atoms with E-state index in [1.54, 1.807) is 42.5 Å². The third-order valence-corrected chi connectivity index (χ3v) is 4.04. The molecular weight excluding hydrogens is 340 g/mol. The molecule has 0 fully saturated rings. The number of aliphatic imine (C=N–C) groups is 1. The number of fused-ring (bicyclic) bond motifs is 1. The first-order valence-corrected chi connectivity index (χ1v) is 8.63. The fourth-order valence-corrected chi connectivity index (χ4v) is 2.72. The molecule has 0 aliphatic carbocycles. The number of amides is 2. The summed E-state index contributed by atoms with van der Waals surface area (Å²) in [4.78, 5) is 29.2. The maximum absolute atomic E-state index is 12.5. The van der Waals surface area contributed by atoms with Crippen molar-refractivity contribution in [1.29, 1.82) is 5.26 Å². The van der Waals surface area contributed by atoms with Crippen LogP contribution in [0.1, 0.15) is 34.8 Å². The number of hydrogen-bond donors (Lipinski definition) is 2. The number of carbonyl (C=O) groups is 2. The van der Waals surface area contributed by atoms with E-state index in [9.17, 15) is 14.9 Å². The minimum atomic E-state index is -0.469. The van der Waals surface area contributed by atoms with Crippen LogP contribution < -0.4 is 10.6 Å². The largest absolute Gasteiger partial charge is 0.351 e. The van der Waals surface area contributed by atoms with Crippen LogP contribution in [0.3, 0.4) is 0 Å². The van der Waals surface area contributed by atoms with E-state index in [1.165, 1.54) is 0 Å². The molecule has 2 aromatic carbocycles. The van der Waals surface area contributed by atoms with Crippen LogP contribution in [-0.2, 0) is 4.79 Å². The number of hydrogen-bond acceptors (Lipinski definition) is 4. The van der Waals surface area contributed by atoms with Gasteiger partial charge in [-0.15, -0.1) is 0 Å². The van der Waals surface area contributed by atoms with E-state index in [-0.39, 0.29) is 17.2 Å². The molecule has 0 spiro atoms. The van der Waals surface area contributed by atoms with Gasteiger partial charge in [-0.2, -0.15) is 5.26 Å². The minimum Gasteiger partial charge on any atom is -0.351 e. The Morgan fingerprint density at radius 2 is 1.70 bits per heavy atom. The van der Waals surface area contributed by atoms with Crippen molar-refractivity contribution in [1.82, 2.24) is 10.6 Å². The van der Waals surface area contributed by atoms with Gasteiger partial charge in [-0.1, -0.05) is 49.4 Å². The lowest BCUT2D eigenvalue weighted by Crippen LogP contribution is -2.30. The molecule has 0 aromatic heterocycles. The number of carbonyl (C=O) groups excluding carboxylic acids is 2. The Morgan fingerprint density at radius 1 is 1.04 bits per heavy atom. The van der Waals surface area contributed by atoms with Crippen LogP contribution >= 0.6 is 0 Å². The first kappa shape index (κ1) is 18.1. The summed E-state index contributed by atoms with van der Waals surface area (Å²) in [6, 6.07) is 17.9. The summed E-state index contributed by atoms with van der Waals surface area (Å²) in [5.41, 5.74) is 2.01. The van der Waals surface area contributed by atoms with E-state index >= 15 is 0 Å². The molecule has 134 valence electrons. The van der Waals surface area contributed by atoms with Crippen LogP contribution in [0.15, 0.2) is 65.2 Å². The van der Waals surface area contributed by atoms with E-state index in [0.29, 0.717) is 29.1 Å². The molecule has 1 aliphatic heterocycles. The average Bonchev–Trinajstić information content (AvgIpc) is 3.06. The summed E-state index contributed by atoms with van der Waals surface area (Å²) in [6.45, 7) is 2.40. The second-order valence-electron chi connectivity index (χ2n) is 5.92. The molecule has 2 N–H and O–H groups in total. The molecule has 3 rings (SSSR count). The Kier molecular flexibility index (Phi) is 5.43. The van der Waals surface area contributed by atoms with Gasteiger partial charge in [0.2, 0.25) is 0 Å². The standard InChI is InChI=1S/C21H18N4O2/c1-2-12-23-21(27)17(13-22)18-15-10-6-7-11-16(15)19(24-18)25-20(26)14-8-4-3-5-9-14/h3-11H,2,12H2,1H3,(H,23,27)(H,24,25,26). The van der Waals surface area contributed by atoms with Gasteiger partial charge in [0.05, 0.1) is 5.70 Å². The first-order valence-electron chi connectivity index (χ1n) is 8.63. The number of nitriles is 1. The van der Waals surface area contributed by atoms with Gasteiger partial charge in [-0.05, 0) is 18.6 Å². The van der Waals surface area contributed by atoms with Gasteiger partial charge in [-0.25, -0.2) is 4.99 Å². The third kappa shape index (κ3) is 3.77. The molecule has 0 radical (unpaired) electrons. The number of amidine groups is 1. The predicted octanol–water partition coefficient (Wildman–Crippen LogP) is 2.64. The molecule has 0 unspecified atom stereocenters. The molecule has 6 nitrogen and oxygen atoms in total. The maximum atomic E-state index is 12.5. The lowest BCUT2D eigenvalue weighted by Gasteiger charge is -2.06. The number of rotatable bonds is 4. The highest BCUT2D eigenvalue weighted by Gasteiger charge is 2.27. The fraction of sp³-hybridized carbons (Fsp3) is 0.143. The van der Waals surface area contributed by atoms with Gasteiger partial charge < -0.3 is 10.6 Å². The Labute approximate surface area is 157 Å². The molecule has 0 saturated carbocycles. The highest BCUT2D eigenvalue weighted by Crippen LogP contribution is 2.30. The highest BCUT2D eigenvalue weighted by atomic mass is 16.2.